The minimum atomic E-state index is -0.466. The van der Waals surface area contributed by atoms with E-state index in [1.807, 2.05) is 0 Å². The van der Waals surface area contributed by atoms with Gasteiger partial charge in [0.25, 0.3) is 11.8 Å². The van der Waals surface area contributed by atoms with E-state index >= 15 is 0 Å². The number of hydrogen-bond donors (Lipinski definition) is 0. The predicted molar refractivity (Wildman–Crippen MR) is 65.1 cm³/mol. The smallest absolute Gasteiger partial charge is 0.251 e. The Morgan fingerprint density at radius 1 is 0.684 bits per heavy atom. The van der Waals surface area contributed by atoms with Gasteiger partial charge in [0.15, 0.2) is 0 Å². The Hall–Kier alpha value is -2.56. The summed E-state index contributed by atoms with van der Waals surface area (Å²) in [6.07, 6.45) is 0. The lowest BCUT2D eigenvalue weighted by Gasteiger charge is -1.97. The summed E-state index contributed by atoms with van der Waals surface area (Å²) >= 11 is 0. The lowest BCUT2D eigenvalue weighted by atomic mass is 10.2. The van der Waals surface area contributed by atoms with E-state index in [2.05, 4.69) is 10.2 Å². The second kappa shape index (κ2) is 4.61. The van der Waals surface area contributed by atoms with Gasteiger partial charge in [0.2, 0.25) is 0 Å². The molecule has 0 saturated heterocycles. The molecule has 0 amide bonds. The van der Waals surface area contributed by atoms with Crippen molar-refractivity contribution in [3.63, 3.8) is 0 Å². The molecule has 0 radical (unpaired) electrons. The monoisotopic (exact) mass is 258 g/mol. The first kappa shape index (κ1) is 11.5. The average molecular weight is 258 g/mol. The van der Waals surface area contributed by atoms with Crippen LogP contribution in [-0.4, -0.2) is 10.2 Å². The van der Waals surface area contributed by atoms with Crippen LogP contribution in [0.5, 0.6) is 0 Å². The highest BCUT2D eigenvalue weighted by Crippen LogP contribution is 2.26. The van der Waals surface area contributed by atoms with Crippen LogP contribution >= 0.6 is 0 Å². The Bertz CT molecular complexity index is 665. The number of aromatic nitrogens is 2. The summed E-state index contributed by atoms with van der Waals surface area (Å²) in [4.78, 5) is 0. The molecule has 0 bridgehead atoms. The normalized spacial score (nSPS) is 10.6. The Balaban J connectivity index is 2.06. The summed E-state index contributed by atoms with van der Waals surface area (Å²) in [5.41, 5.74) is 0.384. The maximum Gasteiger partial charge on any atom is 0.251 e. The van der Waals surface area contributed by atoms with Gasteiger partial charge in [-0.25, -0.2) is 8.78 Å². The van der Waals surface area contributed by atoms with Crippen molar-refractivity contribution in [3.05, 3.63) is 60.2 Å². The maximum absolute atomic E-state index is 13.6. The number of nitrogens with zero attached hydrogens (tertiary/aromatic N) is 2. The molecule has 94 valence electrons. The van der Waals surface area contributed by atoms with Gasteiger partial charge in [0.1, 0.15) is 11.6 Å². The van der Waals surface area contributed by atoms with Crippen LogP contribution in [-0.2, 0) is 0 Å². The summed E-state index contributed by atoms with van der Waals surface area (Å²) in [6, 6.07) is 12.1. The summed E-state index contributed by atoms with van der Waals surface area (Å²) in [5, 5.41) is 7.48. The van der Waals surface area contributed by atoms with Crippen molar-refractivity contribution in [2.45, 2.75) is 0 Å². The Labute approximate surface area is 107 Å². The first-order valence-corrected chi connectivity index (χ1v) is 5.59. The molecule has 0 fully saturated rings. The molecule has 3 aromatic rings. The Kier molecular flexibility index (Phi) is 2.79. The zero-order valence-corrected chi connectivity index (χ0v) is 9.68. The number of hydrogen-bond acceptors (Lipinski definition) is 3. The molecular formula is C14H8F2N2O. The molecule has 1 heterocycles. The van der Waals surface area contributed by atoms with Crippen LogP contribution in [0.15, 0.2) is 52.9 Å². The van der Waals surface area contributed by atoms with Gasteiger partial charge in [-0.2, -0.15) is 0 Å². The fraction of sp³-hybridized carbons (Fsp3) is 0. The lowest BCUT2D eigenvalue weighted by molar-refractivity contribution is 0.561. The SMILES string of the molecule is Fc1ccccc1-c1nnc(-c2ccccc2F)o1. The second-order valence-corrected chi connectivity index (χ2v) is 3.87. The average Bonchev–Trinajstić information content (AvgIpc) is 2.89. The van der Waals surface area contributed by atoms with Crippen molar-refractivity contribution in [2.75, 3.05) is 0 Å². The van der Waals surface area contributed by atoms with Crippen molar-refractivity contribution < 1.29 is 13.2 Å². The van der Waals surface area contributed by atoms with E-state index in [1.165, 1.54) is 24.3 Å². The molecule has 19 heavy (non-hydrogen) atoms. The van der Waals surface area contributed by atoms with E-state index in [0.29, 0.717) is 0 Å². The fourth-order valence-electron chi connectivity index (χ4n) is 1.71. The molecule has 5 heteroatoms. The van der Waals surface area contributed by atoms with E-state index in [0.717, 1.165) is 0 Å². The van der Waals surface area contributed by atoms with Gasteiger partial charge in [-0.1, -0.05) is 24.3 Å². The quantitative estimate of drug-likeness (QED) is 0.703. The van der Waals surface area contributed by atoms with Crippen LogP contribution in [0, 0.1) is 11.6 Å². The standard InChI is InChI=1S/C14H8F2N2O/c15-11-7-3-1-5-9(11)13-17-18-14(19-13)10-6-2-4-8-12(10)16/h1-8H. The van der Waals surface area contributed by atoms with Crippen LogP contribution < -0.4 is 0 Å². The first-order chi connectivity index (χ1) is 9.25. The molecular weight excluding hydrogens is 250 g/mol. The van der Waals surface area contributed by atoms with Crippen LogP contribution in [0.1, 0.15) is 0 Å². The molecule has 0 N–H and O–H groups in total. The van der Waals surface area contributed by atoms with E-state index in [1.54, 1.807) is 24.3 Å². The number of benzene rings is 2. The maximum atomic E-state index is 13.6. The molecule has 2 aromatic carbocycles. The molecule has 0 unspecified atom stereocenters. The fourth-order valence-corrected chi connectivity index (χ4v) is 1.71. The van der Waals surface area contributed by atoms with E-state index in [-0.39, 0.29) is 22.9 Å². The van der Waals surface area contributed by atoms with Crippen molar-refractivity contribution in [3.8, 4) is 22.9 Å². The van der Waals surface area contributed by atoms with Crippen LogP contribution in [0.3, 0.4) is 0 Å². The molecule has 0 aliphatic rings. The minimum absolute atomic E-state index is 0.0244. The Morgan fingerprint density at radius 2 is 1.11 bits per heavy atom. The van der Waals surface area contributed by atoms with Crippen molar-refractivity contribution in [1.29, 1.82) is 0 Å². The zero-order chi connectivity index (χ0) is 13.2. The highest BCUT2D eigenvalue weighted by atomic mass is 19.1. The third kappa shape index (κ3) is 2.10. The Morgan fingerprint density at radius 3 is 1.53 bits per heavy atom. The highest BCUT2D eigenvalue weighted by molar-refractivity contribution is 5.58. The van der Waals surface area contributed by atoms with Gasteiger partial charge in [-0.15, -0.1) is 10.2 Å². The predicted octanol–water partition coefficient (Wildman–Crippen LogP) is 3.68. The summed E-state index contributed by atoms with van der Waals surface area (Å²) in [7, 11) is 0. The van der Waals surface area contributed by atoms with Gasteiger partial charge in [-0.3, -0.25) is 0 Å². The molecule has 0 aliphatic heterocycles. The van der Waals surface area contributed by atoms with Gasteiger partial charge in [0, 0.05) is 0 Å². The van der Waals surface area contributed by atoms with Gasteiger partial charge in [-0.05, 0) is 24.3 Å². The first-order valence-electron chi connectivity index (χ1n) is 5.59. The van der Waals surface area contributed by atoms with E-state index in [4.69, 9.17) is 4.42 Å². The van der Waals surface area contributed by atoms with Crippen molar-refractivity contribution in [1.82, 2.24) is 10.2 Å². The van der Waals surface area contributed by atoms with E-state index < -0.39 is 11.6 Å². The van der Waals surface area contributed by atoms with Gasteiger partial charge < -0.3 is 4.42 Å². The lowest BCUT2D eigenvalue weighted by Crippen LogP contribution is -1.82. The molecule has 0 atom stereocenters. The minimum Gasteiger partial charge on any atom is -0.416 e. The summed E-state index contributed by atoms with van der Waals surface area (Å²) < 4.78 is 32.4. The molecule has 0 spiro atoms. The molecule has 3 nitrogen and oxygen atoms in total. The van der Waals surface area contributed by atoms with Gasteiger partial charge in [0.05, 0.1) is 11.1 Å². The zero-order valence-electron chi connectivity index (χ0n) is 9.68. The molecule has 0 saturated carbocycles. The molecule has 3 rings (SSSR count). The van der Waals surface area contributed by atoms with Crippen LogP contribution in [0.4, 0.5) is 8.78 Å². The number of rotatable bonds is 2. The number of halogens is 2. The third-order valence-corrected chi connectivity index (χ3v) is 2.63. The summed E-state index contributed by atoms with van der Waals surface area (Å²) in [6.45, 7) is 0. The van der Waals surface area contributed by atoms with Crippen molar-refractivity contribution in [2.24, 2.45) is 0 Å². The van der Waals surface area contributed by atoms with Gasteiger partial charge >= 0.3 is 0 Å². The highest BCUT2D eigenvalue weighted by Gasteiger charge is 2.15. The van der Waals surface area contributed by atoms with Crippen LogP contribution in [0.2, 0.25) is 0 Å². The largest absolute Gasteiger partial charge is 0.416 e. The van der Waals surface area contributed by atoms with Crippen molar-refractivity contribution >= 4 is 0 Å². The topological polar surface area (TPSA) is 38.9 Å². The molecule has 0 aliphatic carbocycles. The molecule has 1 aromatic heterocycles. The third-order valence-electron chi connectivity index (χ3n) is 2.63. The van der Waals surface area contributed by atoms with E-state index in [9.17, 15) is 8.78 Å². The second-order valence-electron chi connectivity index (χ2n) is 3.87. The van der Waals surface area contributed by atoms with Crippen LogP contribution in [0.25, 0.3) is 22.9 Å². The summed E-state index contributed by atoms with van der Waals surface area (Å²) in [5.74, 6) is -0.884.